The van der Waals surface area contributed by atoms with Gasteiger partial charge in [0.15, 0.2) is 5.69 Å². The zero-order valence-corrected chi connectivity index (χ0v) is 20.0. The summed E-state index contributed by atoms with van der Waals surface area (Å²) in [5, 5.41) is 18.1. The molecule has 1 heterocycles. The largest absolute Gasteiger partial charge is 0.434 e. The number of carbonyl (C=O) groups excluding carboxylic acids is 1. The van der Waals surface area contributed by atoms with E-state index in [0.29, 0.717) is 42.1 Å². The van der Waals surface area contributed by atoms with E-state index in [-0.39, 0.29) is 23.9 Å². The Morgan fingerprint density at radius 1 is 1.33 bits per heavy atom. The Morgan fingerprint density at radius 2 is 2.03 bits per heavy atom. The quantitative estimate of drug-likeness (QED) is 0.542. The molecular weight excluding hydrogens is 428 g/mol. The summed E-state index contributed by atoms with van der Waals surface area (Å²) in [7, 11) is 0. The fourth-order valence-electron chi connectivity index (χ4n) is 4.54. The first kappa shape index (κ1) is 25.1. The first-order chi connectivity index (χ1) is 15.7. The van der Waals surface area contributed by atoms with E-state index in [1.165, 1.54) is 0 Å². The minimum Gasteiger partial charge on any atom is -0.434 e. The van der Waals surface area contributed by atoms with Crippen molar-refractivity contribution >= 4 is 5.91 Å². The molecule has 0 bridgehead atoms. The Labute approximate surface area is 194 Å². The summed E-state index contributed by atoms with van der Waals surface area (Å²) >= 11 is 0. The smallest absolute Gasteiger partial charge is 0.387 e. The van der Waals surface area contributed by atoms with E-state index >= 15 is 0 Å². The van der Waals surface area contributed by atoms with Crippen LogP contribution in [0.4, 0.5) is 8.78 Å². The number of benzene rings is 1. The fourth-order valence-corrected chi connectivity index (χ4v) is 4.54. The van der Waals surface area contributed by atoms with Gasteiger partial charge in [-0.1, -0.05) is 26.3 Å². The number of nitrogens with zero attached hydrogens (tertiary/aromatic N) is 2. The predicted molar refractivity (Wildman–Crippen MR) is 124 cm³/mol. The lowest BCUT2D eigenvalue weighted by Crippen LogP contribution is -2.45. The SMILES string of the molecule is CCCc1ccc(-c2c(C)c(C(=O)NCC3(O)CCC(C)CC3)nn2CC)c(OC(F)F)c1. The number of ether oxygens (including phenoxy) is 1. The molecule has 1 aliphatic rings. The normalized spacial score (nSPS) is 20.8. The Kier molecular flexibility index (Phi) is 8.10. The first-order valence-electron chi connectivity index (χ1n) is 11.8. The molecular formula is C25H35F2N3O3. The third kappa shape index (κ3) is 5.91. The third-order valence-corrected chi connectivity index (χ3v) is 6.54. The molecule has 2 aromatic rings. The first-order valence-corrected chi connectivity index (χ1v) is 11.8. The number of amides is 1. The Bertz CT molecular complexity index is 966. The summed E-state index contributed by atoms with van der Waals surface area (Å²) < 4.78 is 32.8. The molecule has 8 heteroatoms. The molecule has 1 aromatic heterocycles. The molecule has 6 nitrogen and oxygen atoms in total. The summed E-state index contributed by atoms with van der Waals surface area (Å²) in [6.07, 6.45) is 4.80. The van der Waals surface area contributed by atoms with E-state index in [1.807, 2.05) is 19.9 Å². The zero-order valence-electron chi connectivity index (χ0n) is 20.0. The lowest BCUT2D eigenvalue weighted by molar-refractivity contribution is -0.0495. The van der Waals surface area contributed by atoms with E-state index in [4.69, 9.17) is 4.74 Å². The second-order valence-electron chi connectivity index (χ2n) is 9.19. The van der Waals surface area contributed by atoms with Gasteiger partial charge in [0.25, 0.3) is 5.91 Å². The van der Waals surface area contributed by atoms with Crippen LogP contribution in [-0.2, 0) is 13.0 Å². The summed E-state index contributed by atoms with van der Waals surface area (Å²) in [6, 6.07) is 5.28. The van der Waals surface area contributed by atoms with Crippen molar-refractivity contribution in [2.24, 2.45) is 5.92 Å². The topological polar surface area (TPSA) is 76.4 Å². The van der Waals surface area contributed by atoms with E-state index < -0.39 is 12.2 Å². The average molecular weight is 464 g/mol. The maximum absolute atomic E-state index is 13.2. The number of halogens is 2. The van der Waals surface area contributed by atoms with E-state index in [1.54, 1.807) is 23.7 Å². The van der Waals surface area contributed by atoms with Gasteiger partial charge in [-0.25, -0.2) is 0 Å². The van der Waals surface area contributed by atoms with Gasteiger partial charge in [-0.3, -0.25) is 9.48 Å². The molecule has 1 aliphatic carbocycles. The van der Waals surface area contributed by atoms with Crippen molar-refractivity contribution in [2.45, 2.75) is 85.0 Å². The second-order valence-corrected chi connectivity index (χ2v) is 9.19. The van der Waals surface area contributed by atoms with Gasteiger partial charge in [0.1, 0.15) is 5.75 Å². The van der Waals surface area contributed by atoms with Crippen LogP contribution < -0.4 is 10.1 Å². The molecule has 0 radical (unpaired) electrons. The molecule has 0 spiro atoms. The number of alkyl halides is 2. The molecule has 3 rings (SSSR count). The number of aliphatic hydroxyl groups is 1. The summed E-state index contributed by atoms with van der Waals surface area (Å²) in [4.78, 5) is 13.0. The van der Waals surface area contributed by atoms with Gasteiger partial charge in [-0.2, -0.15) is 13.9 Å². The van der Waals surface area contributed by atoms with Crippen LogP contribution >= 0.6 is 0 Å². The fraction of sp³-hybridized carbons (Fsp3) is 0.600. The molecule has 0 unspecified atom stereocenters. The molecule has 1 fully saturated rings. The molecule has 0 saturated heterocycles. The molecule has 2 N–H and O–H groups in total. The van der Waals surface area contributed by atoms with Gasteiger partial charge < -0.3 is 15.2 Å². The van der Waals surface area contributed by atoms with Crippen molar-refractivity contribution in [3.05, 3.63) is 35.0 Å². The minimum absolute atomic E-state index is 0.0752. The zero-order chi connectivity index (χ0) is 24.2. The van der Waals surface area contributed by atoms with Crippen molar-refractivity contribution in [1.82, 2.24) is 15.1 Å². The van der Waals surface area contributed by atoms with Gasteiger partial charge in [0.2, 0.25) is 0 Å². The Hall–Kier alpha value is -2.48. The van der Waals surface area contributed by atoms with Crippen molar-refractivity contribution in [3.8, 4) is 17.0 Å². The van der Waals surface area contributed by atoms with Gasteiger partial charge in [0.05, 0.1) is 11.3 Å². The summed E-state index contributed by atoms with van der Waals surface area (Å²) in [5.74, 6) is 0.276. The number of hydrogen-bond acceptors (Lipinski definition) is 4. The number of carbonyl (C=O) groups is 1. The van der Waals surface area contributed by atoms with Gasteiger partial charge in [-0.05, 0) is 69.6 Å². The van der Waals surface area contributed by atoms with Crippen LogP contribution in [0.15, 0.2) is 18.2 Å². The van der Waals surface area contributed by atoms with Crippen LogP contribution in [-0.4, -0.2) is 39.6 Å². The number of aryl methyl sites for hydroxylation is 2. The second kappa shape index (κ2) is 10.6. The third-order valence-electron chi connectivity index (χ3n) is 6.54. The van der Waals surface area contributed by atoms with E-state index in [0.717, 1.165) is 31.2 Å². The van der Waals surface area contributed by atoms with Gasteiger partial charge in [-0.15, -0.1) is 0 Å². The monoisotopic (exact) mass is 463 g/mol. The molecule has 1 saturated carbocycles. The summed E-state index contributed by atoms with van der Waals surface area (Å²) in [6.45, 7) is 5.48. The van der Waals surface area contributed by atoms with Crippen molar-refractivity contribution in [2.75, 3.05) is 6.54 Å². The Balaban J connectivity index is 1.89. The highest BCUT2D eigenvalue weighted by Gasteiger charge is 2.33. The lowest BCUT2D eigenvalue weighted by Gasteiger charge is -2.34. The van der Waals surface area contributed by atoms with Gasteiger partial charge in [0, 0.05) is 24.2 Å². The number of hydrogen-bond donors (Lipinski definition) is 2. The van der Waals surface area contributed by atoms with Crippen LogP contribution in [0.2, 0.25) is 0 Å². The van der Waals surface area contributed by atoms with Crippen molar-refractivity contribution in [1.29, 1.82) is 0 Å². The highest BCUT2D eigenvalue weighted by atomic mass is 19.3. The molecule has 182 valence electrons. The lowest BCUT2D eigenvalue weighted by atomic mass is 9.79. The van der Waals surface area contributed by atoms with Crippen molar-refractivity contribution < 1.29 is 23.4 Å². The molecule has 33 heavy (non-hydrogen) atoms. The van der Waals surface area contributed by atoms with Crippen LogP contribution in [0, 0.1) is 12.8 Å². The van der Waals surface area contributed by atoms with E-state index in [9.17, 15) is 18.7 Å². The highest BCUT2D eigenvalue weighted by molar-refractivity contribution is 5.95. The molecule has 1 amide bonds. The van der Waals surface area contributed by atoms with Crippen molar-refractivity contribution in [3.63, 3.8) is 0 Å². The van der Waals surface area contributed by atoms with Crippen LogP contribution in [0.5, 0.6) is 5.75 Å². The maximum Gasteiger partial charge on any atom is 0.387 e. The van der Waals surface area contributed by atoms with Crippen LogP contribution in [0.25, 0.3) is 11.3 Å². The number of aromatic nitrogens is 2. The number of rotatable bonds is 9. The average Bonchev–Trinajstić information content (AvgIpc) is 3.11. The van der Waals surface area contributed by atoms with Crippen LogP contribution in [0.3, 0.4) is 0 Å². The Morgan fingerprint density at radius 3 is 2.64 bits per heavy atom. The maximum atomic E-state index is 13.2. The standard InChI is InChI=1S/C25H35F2N3O3/c1-5-7-18-8-9-19(20(14-18)33-24(26)27)22-17(4)21(29-30(22)6-2)23(31)28-15-25(32)12-10-16(3)11-13-25/h8-9,14,16,24,32H,5-7,10-13,15H2,1-4H3,(H,28,31). The van der Waals surface area contributed by atoms with E-state index in [2.05, 4.69) is 17.3 Å². The minimum atomic E-state index is -2.96. The number of nitrogens with one attached hydrogen (secondary N) is 1. The molecule has 0 aliphatic heterocycles. The predicted octanol–water partition coefficient (Wildman–Crippen LogP) is 5.10. The van der Waals surface area contributed by atoms with Gasteiger partial charge >= 0.3 is 6.61 Å². The van der Waals surface area contributed by atoms with Crippen LogP contribution in [0.1, 0.15) is 74.5 Å². The summed E-state index contributed by atoms with van der Waals surface area (Å²) in [5.41, 5.74) is 1.86. The molecule has 0 atom stereocenters. The highest BCUT2D eigenvalue weighted by Crippen LogP contribution is 2.36. The molecule has 1 aromatic carbocycles.